The highest BCUT2D eigenvalue weighted by Gasteiger charge is 2.07. The molecule has 0 bridgehead atoms. The van der Waals surface area contributed by atoms with Crippen LogP contribution in [0.15, 0.2) is 30.8 Å². The number of rotatable bonds is 3. The molecule has 0 saturated carbocycles. The molecule has 0 aliphatic rings. The van der Waals surface area contributed by atoms with Gasteiger partial charge >= 0.3 is 0 Å². The Labute approximate surface area is 98.5 Å². The van der Waals surface area contributed by atoms with E-state index >= 15 is 0 Å². The predicted molar refractivity (Wildman–Crippen MR) is 61.9 cm³/mol. The lowest BCUT2D eigenvalue weighted by atomic mass is 10.1. The molecule has 0 aromatic heterocycles. The van der Waals surface area contributed by atoms with Gasteiger partial charge in [-0.15, -0.1) is 0 Å². The quantitative estimate of drug-likeness (QED) is 0.579. The number of hydrogen-bond acceptors (Lipinski definition) is 0. The molecule has 0 unspecified atom stereocenters. The fourth-order valence-electron chi connectivity index (χ4n) is 1.31. The summed E-state index contributed by atoms with van der Waals surface area (Å²) in [6.07, 6.45) is 1.87. The van der Waals surface area contributed by atoms with Crippen LogP contribution in [0.4, 0.5) is 0 Å². The van der Waals surface area contributed by atoms with Crippen LogP contribution >= 0.6 is 0 Å². The highest BCUT2D eigenvalue weighted by Crippen LogP contribution is 2.09. The predicted octanol–water partition coefficient (Wildman–Crippen LogP) is -1.28. The summed E-state index contributed by atoms with van der Waals surface area (Å²) in [6, 6.07) is 8.55. The van der Waals surface area contributed by atoms with Crippen molar-refractivity contribution in [1.29, 1.82) is 0 Å². The molecule has 0 aliphatic heterocycles. The molecule has 0 atom stereocenters. The van der Waals surface area contributed by atoms with Crippen molar-refractivity contribution in [1.82, 2.24) is 0 Å². The first kappa shape index (κ1) is 16.6. The van der Waals surface area contributed by atoms with Gasteiger partial charge in [-0.2, -0.15) is 0 Å². The highest BCUT2D eigenvalue weighted by molar-refractivity contribution is 5.47. The summed E-state index contributed by atoms with van der Waals surface area (Å²) in [5, 5.41) is 0. The van der Waals surface area contributed by atoms with Crippen LogP contribution in [0.5, 0.6) is 0 Å². The van der Waals surface area contributed by atoms with Crippen molar-refractivity contribution in [2.45, 2.75) is 6.54 Å². The Morgan fingerprint density at radius 2 is 1.60 bits per heavy atom. The van der Waals surface area contributed by atoms with Crippen LogP contribution < -0.4 is 12.4 Å². The molecule has 15 heavy (non-hydrogen) atoms. The second-order valence-electron chi connectivity index (χ2n) is 4.39. The molecule has 0 fully saturated rings. The Balaban J connectivity index is 0. The van der Waals surface area contributed by atoms with Crippen molar-refractivity contribution in [3.63, 3.8) is 0 Å². The molecule has 0 heterocycles. The van der Waals surface area contributed by atoms with Gasteiger partial charge < -0.3 is 22.4 Å². The van der Waals surface area contributed by atoms with Gasteiger partial charge in [0.05, 0.1) is 21.1 Å². The van der Waals surface area contributed by atoms with Crippen LogP contribution in [0.3, 0.4) is 0 Å². The average Bonchev–Trinajstić information content (AvgIpc) is 2.03. The van der Waals surface area contributed by atoms with Crippen molar-refractivity contribution in [3.05, 3.63) is 42.0 Å². The zero-order valence-corrected chi connectivity index (χ0v) is 10.4. The minimum Gasteiger partial charge on any atom is -1.00 e. The number of hydrogen-bond donors (Lipinski definition) is 0. The highest BCUT2D eigenvalue weighted by atomic mass is 35.5. The van der Waals surface area contributed by atoms with E-state index in [4.69, 9.17) is 0 Å². The minimum absolute atomic E-state index is 0. The molecule has 0 aliphatic carbocycles. The monoisotopic (exact) mass is 229 g/mol. The van der Waals surface area contributed by atoms with Crippen molar-refractivity contribution >= 4 is 6.08 Å². The zero-order valence-electron chi connectivity index (χ0n) is 9.63. The largest absolute Gasteiger partial charge is 1.00 e. The first-order valence-electron chi connectivity index (χ1n) is 4.53. The first-order valence-corrected chi connectivity index (χ1v) is 4.53. The third-order valence-electron chi connectivity index (χ3n) is 1.87. The van der Waals surface area contributed by atoms with Gasteiger partial charge in [-0.25, -0.2) is 0 Å². The van der Waals surface area contributed by atoms with E-state index in [0.29, 0.717) is 0 Å². The molecule has 0 amide bonds. The molecule has 1 aromatic carbocycles. The smallest absolute Gasteiger partial charge is 0.104 e. The standard InChI is InChI=1S/C12H18N.ClH.H2O/c1-5-11-6-8-12(9-7-11)10-13(2,3)4;;/h5-9H,1,10H2,2-4H3;1H;1H2/q+1;;/p-1. The summed E-state index contributed by atoms with van der Waals surface area (Å²) in [5.74, 6) is 0. The summed E-state index contributed by atoms with van der Waals surface area (Å²) in [5.41, 5.74) is 2.56. The maximum Gasteiger partial charge on any atom is 0.104 e. The Hall–Kier alpha value is -0.830. The van der Waals surface area contributed by atoms with Crippen LogP contribution in [0.2, 0.25) is 0 Å². The minimum atomic E-state index is 0. The fraction of sp³-hybridized carbons (Fsp3) is 0.333. The Kier molecular flexibility index (Phi) is 7.32. The molecule has 2 nitrogen and oxygen atoms in total. The van der Waals surface area contributed by atoms with Crippen LogP contribution in [0.1, 0.15) is 11.1 Å². The van der Waals surface area contributed by atoms with Crippen molar-refractivity contribution in [3.8, 4) is 0 Å². The number of halogens is 1. The van der Waals surface area contributed by atoms with Crippen LogP contribution in [0.25, 0.3) is 6.08 Å². The van der Waals surface area contributed by atoms with E-state index in [2.05, 4.69) is 52.0 Å². The molecule has 0 saturated heterocycles. The van der Waals surface area contributed by atoms with Gasteiger partial charge in [-0.05, 0) is 5.56 Å². The summed E-state index contributed by atoms with van der Waals surface area (Å²) >= 11 is 0. The lowest BCUT2D eigenvalue weighted by Gasteiger charge is -2.23. The summed E-state index contributed by atoms with van der Waals surface area (Å²) < 4.78 is 0.966. The van der Waals surface area contributed by atoms with E-state index in [0.717, 1.165) is 11.0 Å². The van der Waals surface area contributed by atoms with E-state index in [-0.39, 0.29) is 17.9 Å². The third-order valence-corrected chi connectivity index (χ3v) is 1.87. The van der Waals surface area contributed by atoms with E-state index < -0.39 is 0 Å². The fourth-order valence-corrected chi connectivity index (χ4v) is 1.31. The Bertz CT molecular complexity index is 287. The average molecular weight is 230 g/mol. The van der Waals surface area contributed by atoms with Crippen molar-refractivity contribution in [2.75, 3.05) is 21.1 Å². The lowest BCUT2D eigenvalue weighted by Crippen LogP contribution is -3.00. The Morgan fingerprint density at radius 1 is 1.13 bits per heavy atom. The van der Waals surface area contributed by atoms with E-state index in [1.54, 1.807) is 0 Å². The molecular formula is C12H20ClNO. The van der Waals surface area contributed by atoms with Crippen LogP contribution in [0, 0.1) is 0 Å². The lowest BCUT2D eigenvalue weighted by molar-refractivity contribution is -0.884. The van der Waals surface area contributed by atoms with Gasteiger partial charge in [0.25, 0.3) is 0 Å². The molecule has 2 N–H and O–H groups in total. The normalized spacial score (nSPS) is 9.80. The first-order chi connectivity index (χ1) is 6.01. The van der Waals surface area contributed by atoms with Gasteiger partial charge in [0.1, 0.15) is 6.54 Å². The summed E-state index contributed by atoms with van der Waals surface area (Å²) in [7, 11) is 6.59. The van der Waals surface area contributed by atoms with E-state index in [1.165, 1.54) is 11.1 Å². The van der Waals surface area contributed by atoms with Gasteiger partial charge in [0, 0.05) is 5.56 Å². The van der Waals surface area contributed by atoms with Gasteiger partial charge in [0.2, 0.25) is 0 Å². The summed E-state index contributed by atoms with van der Waals surface area (Å²) in [6.45, 7) is 4.80. The van der Waals surface area contributed by atoms with Gasteiger partial charge in [0.15, 0.2) is 0 Å². The Morgan fingerprint density at radius 3 is 1.93 bits per heavy atom. The van der Waals surface area contributed by atoms with E-state index in [1.807, 2.05) is 6.08 Å². The second-order valence-corrected chi connectivity index (χ2v) is 4.39. The van der Waals surface area contributed by atoms with Crippen LogP contribution in [-0.4, -0.2) is 31.1 Å². The van der Waals surface area contributed by atoms with E-state index in [9.17, 15) is 0 Å². The van der Waals surface area contributed by atoms with Crippen molar-refractivity contribution in [2.24, 2.45) is 0 Å². The SMILES string of the molecule is C=Cc1ccc(C[N+](C)(C)C)cc1.O.[Cl-]. The maximum atomic E-state index is 3.73. The number of nitrogens with zero attached hydrogens (tertiary/aromatic N) is 1. The van der Waals surface area contributed by atoms with Crippen molar-refractivity contribution < 1.29 is 22.4 Å². The van der Waals surface area contributed by atoms with Gasteiger partial charge in [-0.3, -0.25) is 0 Å². The van der Waals surface area contributed by atoms with Crippen LogP contribution in [-0.2, 0) is 6.54 Å². The second kappa shape index (κ2) is 6.62. The third kappa shape index (κ3) is 6.28. The number of benzene rings is 1. The maximum absolute atomic E-state index is 3.73. The van der Waals surface area contributed by atoms with Gasteiger partial charge in [-0.1, -0.05) is 36.9 Å². The molecule has 1 aromatic rings. The summed E-state index contributed by atoms with van der Waals surface area (Å²) in [4.78, 5) is 0. The molecule has 3 heteroatoms. The molecule has 0 spiro atoms. The molecule has 1 rings (SSSR count). The molecule has 86 valence electrons. The molecular weight excluding hydrogens is 210 g/mol. The number of quaternary nitrogens is 1. The molecule has 0 radical (unpaired) electrons. The topological polar surface area (TPSA) is 31.5 Å². The zero-order chi connectivity index (χ0) is 9.90.